The minimum absolute atomic E-state index is 0.0132. The van der Waals surface area contributed by atoms with Crippen LogP contribution in [0, 0.1) is 19.8 Å². The molecule has 118 valence electrons. The standard InChI is InChI=1S/C19H21N3O/c1-12(2)19(23)21-18-17(15-7-5-13(3)6-8-15)20-16-11-14(4)9-10-22(16)18/h5-12H,1-4H3,(H,21,23). The molecule has 0 saturated heterocycles. The highest BCUT2D eigenvalue weighted by Gasteiger charge is 2.17. The van der Waals surface area contributed by atoms with Crippen LogP contribution in [0.1, 0.15) is 25.0 Å². The van der Waals surface area contributed by atoms with E-state index in [-0.39, 0.29) is 11.8 Å². The number of anilines is 1. The van der Waals surface area contributed by atoms with E-state index in [1.54, 1.807) is 0 Å². The van der Waals surface area contributed by atoms with E-state index in [2.05, 4.69) is 24.4 Å². The Morgan fingerprint density at radius 1 is 1.09 bits per heavy atom. The fourth-order valence-electron chi connectivity index (χ4n) is 2.44. The zero-order valence-corrected chi connectivity index (χ0v) is 13.9. The van der Waals surface area contributed by atoms with Gasteiger partial charge in [-0.25, -0.2) is 4.98 Å². The number of rotatable bonds is 3. The van der Waals surface area contributed by atoms with E-state index >= 15 is 0 Å². The van der Waals surface area contributed by atoms with E-state index in [0.29, 0.717) is 0 Å². The Balaban J connectivity index is 2.18. The van der Waals surface area contributed by atoms with Crippen molar-refractivity contribution in [1.29, 1.82) is 0 Å². The van der Waals surface area contributed by atoms with Crippen LogP contribution < -0.4 is 5.32 Å². The molecule has 2 heterocycles. The Morgan fingerprint density at radius 3 is 2.43 bits per heavy atom. The van der Waals surface area contributed by atoms with E-state index in [4.69, 9.17) is 4.98 Å². The molecule has 4 nitrogen and oxygen atoms in total. The van der Waals surface area contributed by atoms with E-state index in [9.17, 15) is 4.79 Å². The fraction of sp³-hybridized carbons (Fsp3) is 0.263. The number of fused-ring (bicyclic) bond motifs is 1. The van der Waals surface area contributed by atoms with Gasteiger partial charge < -0.3 is 5.32 Å². The topological polar surface area (TPSA) is 46.4 Å². The van der Waals surface area contributed by atoms with Crippen molar-refractivity contribution < 1.29 is 4.79 Å². The Morgan fingerprint density at radius 2 is 1.78 bits per heavy atom. The first kappa shape index (κ1) is 15.3. The number of imidazole rings is 1. The lowest BCUT2D eigenvalue weighted by Gasteiger charge is -2.10. The van der Waals surface area contributed by atoms with Crippen molar-refractivity contribution in [2.24, 2.45) is 5.92 Å². The molecule has 0 aliphatic carbocycles. The van der Waals surface area contributed by atoms with Crippen molar-refractivity contribution in [2.45, 2.75) is 27.7 Å². The predicted octanol–water partition coefficient (Wildman–Crippen LogP) is 4.21. The van der Waals surface area contributed by atoms with Crippen LogP contribution in [0.15, 0.2) is 42.6 Å². The lowest BCUT2D eigenvalue weighted by molar-refractivity contribution is -0.118. The molecule has 0 unspecified atom stereocenters. The molecule has 4 heteroatoms. The van der Waals surface area contributed by atoms with Crippen molar-refractivity contribution in [1.82, 2.24) is 9.38 Å². The minimum Gasteiger partial charge on any atom is -0.310 e. The SMILES string of the molecule is Cc1ccc(-c2nc3cc(C)ccn3c2NC(=O)C(C)C)cc1. The molecule has 1 aromatic carbocycles. The molecule has 1 N–H and O–H groups in total. The van der Waals surface area contributed by atoms with Crippen molar-refractivity contribution in [3.8, 4) is 11.3 Å². The number of nitrogens with one attached hydrogen (secondary N) is 1. The van der Waals surface area contributed by atoms with Gasteiger partial charge in [-0.15, -0.1) is 0 Å². The lowest BCUT2D eigenvalue weighted by atomic mass is 10.1. The van der Waals surface area contributed by atoms with Crippen LogP contribution in [0.4, 0.5) is 5.82 Å². The lowest BCUT2D eigenvalue weighted by Crippen LogP contribution is -2.19. The van der Waals surface area contributed by atoms with Gasteiger partial charge in [0.25, 0.3) is 0 Å². The first-order valence-corrected chi connectivity index (χ1v) is 7.82. The maximum atomic E-state index is 12.2. The van der Waals surface area contributed by atoms with Crippen LogP contribution in [-0.2, 0) is 4.79 Å². The molecule has 0 atom stereocenters. The molecule has 2 aromatic heterocycles. The molecular formula is C19H21N3O. The number of nitrogens with zero attached hydrogens (tertiary/aromatic N) is 2. The van der Waals surface area contributed by atoms with E-state index < -0.39 is 0 Å². The predicted molar refractivity (Wildman–Crippen MR) is 93.6 cm³/mol. The molecule has 0 aliphatic rings. The molecule has 0 fully saturated rings. The Labute approximate surface area is 136 Å². The monoisotopic (exact) mass is 307 g/mol. The highest BCUT2D eigenvalue weighted by molar-refractivity contribution is 5.95. The highest BCUT2D eigenvalue weighted by Crippen LogP contribution is 2.29. The van der Waals surface area contributed by atoms with Gasteiger partial charge in [0.2, 0.25) is 5.91 Å². The van der Waals surface area contributed by atoms with Gasteiger partial charge in [0.15, 0.2) is 0 Å². The van der Waals surface area contributed by atoms with Gasteiger partial charge in [-0.2, -0.15) is 0 Å². The van der Waals surface area contributed by atoms with Gasteiger partial charge in [0, 0.05) is 17.7 Å². The summed E-state index contributed by atoms with van der Waals surface area (Å²) in [6.07, 6.45) is 1.95. The quantitative estimate of drug-likeness (QED) is 0.787. The number of aromatic nitrogens is 2. The largest absolute Gasteiger partial charge is 0.310 e. The number of amides is 1. The zero-order chi connectivity index (χ0) is 16.6. The van der Waals surface area contributed by atoms with E-state index in [0.717, 1.165) is 28.3 Å². The molecule has 0 saturated carbocycles. The molecule has 3 aromatic rings. The Kier molecular flexibility index (Phi) is 3.90. The van der Waals surface area contributed by atoms with Crippen molar-refractivity contribution >= 4 is 17.4 Å². The first-order chi connectivity index (χ1) is 11.0. The molecule has 3 rings (SSSR count). The molecule has 23 heavy (non-hydrogen) atoms. The van der Waals surface area contributed by atoms with Gasteiger partial charge in [-0.3, -0.25) is 9.20 Å². The first-order valence-electron chi connectivity index (χ1n) is 7.82. The smallest absolute Gasteiger partial charge is 0.228 e. The number of hydrogen-bond donors (Lipinski definition) is 1. The third kappa shape index (κ3) is 2.97. The summed E-state index contributed by atoms with van der Waals surface area (Å²) in [4.78, 5) is 16.9. The van der Waals surface area contributed by atoms with Crippen LogP contribution in [0.5, 0.6) is 0 Å². The zero-order valence-electron chi connectivity index (χ0n) is 13.9. The summed E-state index contributed by atoms with van der Waals surface area (Å²) < 4.78 is 1.93. The fourth-order valence-corrected chi connectivity index (χ4v) is 2.44. The molecule has 0 aliphatic heterocycles. The molecule has 0 radical (unpaired) electrons. The number of benzene rings is 1. The summed E-state index contributed by atoms with van der Waals surface area (Å²) in [5.41, 5.74) is 4.96. The summed E-state index contributed by atoms with van der Waals surface area (Å²) in [7, 11) is 0. The number of carbonyl (C=O) groups is 1. The summed E-state index contributed by atoms with van der Waals surface area (Å²) in [6.45, 7) is 7.85. The van der Waals surface area contributed by atoms with Gasteiger partial charge >= 0.3 is 0 Å². The average molecular weight is 307 g/mol. The van der Waals surface area contributed by atoms with Gasteiger partial charge in [-0.1, -0.05) is 43.7 Å². The number of carbonyl (C=O) groups excluding carboxylic acids is 1. The van der Waals surface area contributed by atoms with Crippen LogP contribution in [-0.4, -0.2) is 15.3 Å². The van der Waals surface area contributed by atoms with Gasteiger partial charge in [-0.05, 0) is 31.5 Å². The number of pyridine rings is 1. The van der Waals surface area contributed by atoms with Gasteiger partial charge in [0.1, 0.15) is 17.2 Å². The van der Waals surface area contributed by atoms with E-state index in [1.807, 2.05) is 55.6 Å². The summed E-state index contributed by atoms with van der Waals surface area (Å²) >= 11 is 0. The van der Waals surface area contributed by atoms with E-state index in [1.165, 1.54) is 5.56 Å². The van der Waals surface area contributed by atoms with Crippen molar-refractivity contribution in [3.63, 3.8) is 0 Å². The molecular weight excluding hydrogens is 286 g/mol. The third-order valence-corrected chi connectivity index (χ3v) is 3.87. The highest BCUT2D eigenvalue weighted by atomic mass is 16.1. The Bertz CT molecular complexity index is 860. The second-order valence-electron chi connectivity index (χ2n) is 6.25. The normalized spacial score (nSPS) is 11.2. The third-order valence-electron chi connectivity index (χ3n) is 3.87. The van der Waals surface area contributed by atoms with Crippen LogP contribution in [0.25, 0.3) is 16.9 Å². The average Bonchev–Trinajstić information content (AvgIpc) is 2.85. The molecule has 0 bridgehead atoms. The summed E-state index contributed by atoms with van der Waals surface area (Å²) in [5.74, 6) is 0.625. The van der Waals surface area contributed by atoms with Crippen LogP contribution in [0.2, 0.25) is 0 Å². The number of aryl methyl sites for hydroxylation is 2. The number of hydrogen-bond acceptors (Lipinski definition) is 2. The van der Waals surface area contributed by atoms with Crippen molar-refractivity contribution in [2.75, 3.05) is 5.32 Å². The maximum absolute atomic E-state index is 12.2. The van der Waals surface area contributed by atoms with Crippen molar-refractivity contribution in [3.05, 3.63) is 53.7 Å². The molecule has 1 amide bonds. The maximum Gasteiger partial charge on any atom is 0.228 e. The second kappa shape index (κ2) is 5.88. The Hall–Kier alpha value is -2.62. The minimum atomic E-state index is -0.0862. The van der Waals surface area contributed by atoms with Crippen LogP contribution in [0.3, 0.4) is 0 Å². The summed E-state index contributed by atoms with van der Waals surface area (Å²) in [5, 5.41) is 3.03. The van der Waals surface area contributed by atoms with Gasteiger partial charge in [0.05, 0.1) is 0 Å². The van der Waals surface area contributed by atoms with Crippen LogP contribution >= 0.6 is 0 Å². The summed E-state index contributed by atoms with van der Waals surface area (Å²) in [6, 6.07) is 12.2. The molecule has 0 spiro atoms. The second-order valence-corrected chi connectivity index (χ2v) is 6.25.